The number of halogens is 12. The average Bonchev–Trinajstić information content (AvgIpc) is 1.71. The van der Waals surface area contributed by atoms with Gasteiger partial charge in [0.15, 0.2) is 72.9 Å². The molecule has 0 amide bonds. The summed E-state index contributed by atoms with van der Waals surface area (Å²) in [7, 11) is 1.42. The molecule has 806 valence electrons. The van der Waals surface area contributed by atoms with E-state index in [1.807, 2.05) is 62.3 Å². The van der Waals surface area contributed by atoms with Crippen molar-refractivity contribution in [2.75, 3.05) is 7.11 Å². The number of aliphatic hydroxyl groups is 4. The van der Waals surface area contributed by atoms with E-state index in [0.717, 1.165) is 69.6 Å². The van der Waals surface area contributed by atoms with E-state index in [4.69, 9.17) is 85.8 Å². The quantitative estimate of drug-likeness (QED) is 0.0530. The van der Waals surface area contributed by atoms with E-state index in [9.17, 15) is 116 Å². The Hall–Kier alpha value is -6.64. The van der Waals surface area contributed by atoms with Crippen LogP contribution in [-0.2, 0) is 128 Å². The molecule has 6 bridgehead atoms. The molecule has 4 N–H and O–H groups in total. The summed E-state index contributed by atoms with van der Waals surface area (Å²) in [6.45, 7) is 38.7. The lowest BCUT2D eigenvalue weighted by Crippen LogP contribution is -2.67. The van der Waals surface area contributed by atoms with Crippen molar-refractivity contribution in [2.24, 2.45) is 68.0 Å². The largest absolute Gasteiger partial charge is 0.469 e. The minimum Gasteiger partial charge on any atom is -0.469 e. The SMILES string of the molecule is CCC(C)(C)C(=O)OC.CCC(C)(C)C(=O)OC12CC3CC(O)(CC(O)(C3)C1)C2.CCC(C)(C)C(=O)OC1CC(C(O)(C(F)(F)F)C(F)(F)F)CC(C(O)(C(F)(F)F)C(F)(F)F)C1.CCC(C)(C)C(=O)O[C@@H]1C(=O)O[C@@H]2[C@H]3OC(C)(C)O[C@H]3O[C@@H]21.CCC(C)(C)C(=O)O[C@@H]1C(=O)O[C@@H]2[C@H]3OC(C)(C)O[C@H]3O[C@@H]21.CCC(C)(C)C(=O)O[C@@H]1C(=O)O[C@@H]2[C@H]3OC4(CCCCC4)O[C@H]3O[C@@H]21.N#CC1CC2CCC1C2. The highest BCUT2D eigenvalue weighted by molar-refractivity contribution is 5.86. The number of hydrogen-bond donors (Lipinski definition) is 4. The van der Waals surface area contributed by atoms with E-state index in [1.54, 1.807) is 69.2 Å². The maximum Gasteiger partial charge on any atom is 0.426 e. The van der Waals surface area contributed by atoms with Crippen molar-refractivity contribution in [3.05, 3.63) is 0 Å². The molecule has 22 atom stereocenters. The highest BCUT2D eigenvalue weighted by Gasteiger charge is 2.80. The Kier molecular flexibility index (Phi) is 34.2. The van der Waals surface area contributed by atoms with Crippen LogP contribution in [0.2, 0.25) is 0 Å². The number of hydrogen-bond acceptors (Lipinski definition) is 32. The van der Waals surface area contributed by atoms with Crippen LogP contribution in [-0.4, -0.2) is 250 Å². The molecule has 0 aromatic heterocycles. The van der Waals surface area contributed by atoms with E-state index in [0.29, 0.717) is 44.4 Å². The summed E-state index contributed by atoms with van der Waals surface area (Å²) in [5.41, 5.74) is -18.1. The van der Waals surface area contributed by atoms with Gasteiger partial charge in [0.2, 0.25) is 18.3 Å². The molecule has 9 saturated heterocycles. The topological polar surface area (TPSA) is 424 Å². The smallest absolute Gasteiger partial charge is 0.426 e. The molecule has 32 nitrogen and oxygen atoms in total. The Balaban J connectivity index is 0.000000175. The summed E-state index contributed by atoms with van der Waals surface area (Å²) in [5.74, 6) is -11.2. The predicted molar refractivity (Wildman–Crippen MR) is 463 cm³/mol. The second-order valence-electron chi connectivity index (χ2n) is 45.5. The van der Waals surface area contributed by atoms with Gasteiger partial charge in [-0.1, -0.05) is 54.4 Å². The minimum absolute atomic E-state index is 0.0184. The highest BCUT2D eigenvalue weighted by atomic mass is 19.4. The van der Waals surface area contributed by atoms with Gasteiger partial charge >= 0.3 is 78.4 Å². The third kappa shape index (κ3) is 24.5. The summed E-state index contributed by atoms with van der Waals surface area (Å²) < 4.78 is 259. The summed E-state index contributed by atoms with van der Waals surface area (Å²) in [6.07, 6.45) is -26.9. The first-order valence-electron chi connectivity index (χ1n) is 48.8. The first-order valence-corrected chi connectivity index (χ1v) is 48.8. The van der Waals surface area contributed by atoms with Crippen LogP contribution in [0.1, 0.15) is 306 Å². The molecule has 0 aromatic rings. The Morgan fingerprint density at radius 3 is 1.03 bits per heavy atom. The molecular formula is C97H143F12NO31. The molecule has 8 saturated carbocycles. The fraction of sp³-hybridized carbons (Fsp3) is 0.897. The molecule has 141 heavy (non-hydrogen) atoms. The zero-order valence-electron chi connectivity index (χ0n) is 84.5. The van der Waals surface area contributed by atoms with Gasteiger partial charge in [0.25, 0.3) is 11.2 Å². The third-order valence-corrected chi connectivity index (χ3v) is 31.4. The normalized spacial score (nSPS) is 35.4. The number of rotatable bonds is 19. The van der Waals surface area contributed by atoms with Crippen LogP contribution < -0.4 is 0 Å². The predicted octanol–water partition coefficient (Wildman–Crippen LogP) is 15.5. The zero-order chi connectivity index (χ0) is 106. The number of carbonyl (C=O) groups is 9. The summed E-state index contributed by atoms with van der Waals surface area (Å²) in [5, 5.41) is 49.2. The number of fused-ring (bicyclic) bond motifs is 11. The van der Waals surface area contributed by atoms with Crippen LogP contribution in [0.3, 0.4) is 0 Å². The summed E-state index contributed by atoms with van der Waals surface area (Å²) >= 11 is 0. The molecule has 17 rings (SSSR count). The first-order chi connectivity index (χ1) is 64.4. The molecular weight excluding hydrogens is 1900 g/mol. The van der Waals surface area contributed by atoms with E-state index in [1.165, 1.54) is 60.0 Å². The number of alkyl halides is 12. The van der Waals surface area contributed by atoms with Crippen LogP contribution in [0.5, 0.6) is 0 Å². The fourth-order valence-corrected chi connectivity index (χ4v) is 20.8. The molecule has 17 fully saturated rings. The summed E-state index contributed by atoms with van der Waals surface area (Å²) in [6, 6.07) is 2.40. The van der Waals surface area contributed by atoms with Crippen molar-refractivity contribution in [3.8, 4) is 6.07 Å². The number of nitriles is 1. The van der Waals surface area contributed by atoms with Crippen LogP contribution in [0.4, 0.5) is 52.7 Å². The Morgan fingerprint density at radius 2 is 0.730 bits per heavy atom. The van der Waals surface area contributed by atoms with Crippen molar-refractivity contribution < 1.29 is 202 Å². The lowest BCUT2D eigenvalue weighted by atomic mass is 9.50. The average molecular weight is 2050 g/mol. The fourth-order valence-electron chi connectivity index (χ4n) is 20.8. The molecule has 1 spiro atoms. The number of ether oxygens (including phenoxy) is 18. The molecule has 7 unspecified atom stereocenters. The summed E-state index contributed by atoms with van der Waals surface area (Å²) in [4.78, 5) is 108. The van der Waals surface area contributed by atoms with Crippen molar-refractivity contribution in [2.45, 2.75) is 475 Å². The van der Waals surface area contributed by atoms with E-state index in [2.05, 4.69) is 10.8 Å². The van der Waals surface area contributed by atoms with Crippen molar-refractivity contribution in [1.82, 2.24) is 0 Å². The van der Waals surface area contributed by atoms with Crippen LogP contribution in [0.25, 0.3) is 0 Å². The lowest BCUT2D eigenvalue weighted by Gasteiger charge is -2.62. The molecule has 9 aliphatic heterocycles. The number of carbonyl (C=O) groups excluding carboxylic acids is 9. The molecule has 8 aliphatic carbocycles. The zero-order valence-corrected chi connectivity index (χ0v) is 84.5. The van der Waals surface area contributed by atoms with Gasteiger partial charge < -0.3 is 106 Å². The maximum absolute atomic E-state index is 13.3. The third-order valence-electron chi connectivity index (χ3n) is 31.4. The van der Waals surface area contributed by atoms with Gasteiger partial charge in [-0.15, -0.1) is 0 Å². The van der Waals surface area contributed by atoms with Crippen LogP contribution in [0.15, 0.2) is 0 Å². The Morgan fingerprint density at radius 1 is 0.397 bits per heavy atom. The number of methoxy groups -OCH3 is 1. The second-order valence-corrected chi connectivity index (χ2v) is 45.5. The van der Waals surface area contributed by atoms with Gasteiger partial charge in [0, 0.05) is 49.9 Å². The Bertz CT molecular complexity index is 4330. The van der Waals surface area contributed by atoms with Gasteiger partial charge in [0.05, 0.1) is 56.9 Å². The van der Waals surface area contributed by atoms with Crippen LogP contribution in [0, 0.1) is 79.3 Å². The number of esters is 9. The second kappa shape index (κ2) is 41.5. The molecule has 44 heteroatoms. The molecule has 0 aromatic carbocycles. The number of nitrogens with zero attached hydrogens (tertiary/aromatic N) is 1. The van der Waals surface area contributed by atoms with Gasteiger partial charge in [-0.05, 0) is 238 Å². The highest BCUT2D eigenvalue weighted by Crippen LogP contribution is 2.63. The first kappa shape index (κ1) is 116. The van der Waals surface area contributed by atoms with E-state index >= 15 is 0 Å². The molecule has 0 radical (unpaired) electrons. The van der Waals surface area contributed by atoms with E-state index in [-0.39, 0.29) is 29.7 Å². The monoisotopic (exact) mass is 2050 g/mol. The Labute approximate surface area is 813 Å². The molecule has 17 aliphatic rings. The standard InChI is InChI=1S/C18H22F12O4.C18H26O7.C16H26O4.2C15H22O7.C8H11N.C7H14O2/c1-4-12(2,3)11(31)34-10-6-8(13(32,15(19,20)21)16(22,23)24)5-9(7-10)14(33,17(25,26)27)18(28,29)30;1-4-17(2,3)16(20)23-12-10-11(21-14(12)19)13-15(22-10)25-18(24-13)8-6-5-7-9-18;1-4-13(2,3)12(17)20-16-7-11-5-14(18,9-16)8-15(19,6-11)10-16;2*1-6-14(2,3)13(17)20-9-7-8(18-11(9)16)10-12(19-7)22-15(4,5)21-10;9-5-8-4-6-1-2-7(8)3-6;1-5-7(2,3)6(8)9-4/h8-10,32-33H,4-7H2,1-3H3;10-13,15H,4-9H2,1-3H3;11,18-19H,4-10H2,1-3H3;2*7-10,12H,6H2,1-5H3;6-8H,1-4H2;5H2,1-4H3/t;10-,11-,12-,13+,15+;;2*7-,8-,9-,10+,12+;;/m.0.00../s1. The van der Waals surface area contributed by atoms with Crippen molar-refractivity contribution in [3.63, 3.8) is 0 Å². The van der Waals surface area contributed by atoms with Crippen LogP contribution >= 0.6 is 0 Å². The van der Waals surface area contributed by atoms with E-state index < -0.39 is 268 Å². The van der Waals surface area contributed by atoms with Gasteiger partial charge in [-0.2, -0.15) is 57.9 Å². The van der Waals surface area contributed by atoms with Gasteiger partial charge in [-0.3, -0.25) is 28.8 Å². The minimum atomic E-state index is -6.58. The lowest BCUT2D eigenvalue weighted by molar-refractivity contribution is -0.405. The van der Waals surface area contributed by atoms with Gasteiger partial charge in [0.1, 0.15) is 30.0 Å². The van der Waals surface area contributed by atoms with Crippen molar-refractivity contribution >= 4 is 53.7 Å². The van der Waals surface area contributed by atoms with Crippen molar-refractivity contribution in [1.29, 1.82) is 5.26 Å². The molecule has 9 heterocycles. The van der Waals surface area contributed by atoms with Gasteiger partial charge in [-0.25, -0.2) is 14.4 Å². The maximum atomic E-state index is 13.3.